The highest BCUT2D eigenvalue weighted by molar-refractivity contribution is 8.00. The summed E-state index contributed by atoms with van der Waals surface area (Å²) in [6, 6.07) is 3.55. The number of thioether (sulfide) groups is 1. The van der Waals surface area contributed by atoms with Crippen LogP contribution in [-0.2, 0) is 16.4 Å². The van der Waals surface area contributed by atoms with Crippen LogP contribution in [-0.4, -0.2) is 36.3 Å². The van der Waals surface area contributed by atoms with Crippen LogP contribution in [0.25, 0.3) is 0 Å². The van der Waals surface area contributed by atoms with Crippen molar-refractivity contribution in [2.24, 2.45) is 0 Å². The van der Waals surface area contributed by atoms with E-state index in [1.54, 1.807) is 18.3 Å². The number of aliphatic hydroxyl groups is 1. The van der Waals surface area contributed by atoms with Gasteiger partial charge in [0.25, 0.3) is 0 Å². The van der Waals surface area contributed by atoms with Crippen LogP contribution < -0.4 is 0 Å². The highest BCUT2D eigenvalue weighted by Crippen LogP contribution is 2.15. The summed E-state index contributed by atoms with van der Waals surface area (Å²) in [6.07, 6.45) is 2.80. The molecule has 6 heteroatoms. The number of rotatable bonds is 5. The van der Waals surface area contributed by atoms with Crippen molar-refractivity contribution >= 4 is 21.6 Å². The predicted molar refractivity (Wildman–Crippen MR) is 60.6 cm³/mol. The first-order valence-electron chi connectivity index (χ1n) is 4.37. The molecule has 4 nitrogen and oxygen atoms in total. The first-order chi connectivity index (χ1) is 7.01. The fourth-order valence-corrected chi connectivity index (χ4v) is 2.93. The fourth-order valence-electron chi connectivity index (χ4n) is 0.887. The van der Waals surface area contributed by atoms with Gasteiger partial charge in [-0.25, -0.2) is 13.4 Å². The van der Waals surface area contributed by atoms with Crippen LogP contribution in [0.15, 0.2) is 23.4 Å². The molecule has 0 amide bonds. The van der Waals surface area contributed by atoms with Crippen LogP contribution in [0.1, 0.15) is 5.56 Å². The number of pyridine rings is 1. The molecule has 0 aliphatic carbocycles. The van der Waals surface area contributed by atoms with Crippen LogP contribution >= 0.6 is 11.8 Å². The molecule has 1 heterocycles. The first-order valence-corrected chi connectivity index (χ1v) is 7.42. The van der Waals surface area contributed by atoms with Crippen molar-refractivity contribution in [3.63, 3.8) is 0 Å². The molecule has 1 N–H and O–H groups in total. The third-order valence-electron chi connectivity index (χ3n) is 1.68. The lowest BCUT2D eigenvalue weighted by Crippen LogP contribution is -2.05. The molecular formula is C9H13NO3S2. The topological polar surface area (TPSA) is 67.3 Å². The van der Waals surface area contributed by atoms with Crippen LogP contribution in [0.4, 0.5) is 0 Å². The second-order valence-corrected chi connectivity index (χ2v) is 6.52. The molecule has 0 saturated carbocycles. The summed E-state index contributed by atoms with van der Waals surface area (Å²) in [5.41, 5.74) is 0.752. The molecule has 0 aromatic carbocycles. The number of aliphatic hydroxyl groups excluding tert-OH is 1. The predicted octanol–water partition coefficient (Wildman–Crippen LogP) is 0.711. The molecule has 0 unspecified atom stereocenters. The van der Waals surface area contributed by atoms with Crippen molar-refractivity contribution in [2.45, 2.75) is 11.6 Å². The Hall–Kier alpha value is -0.590. The van der Waals surface area contributed by atoms with Gasteiger partial charge in [-0.3, -0.25) is 0 Å². The minimum absolute atomic E-state index is 0.0265. The molecule has 0 aliphatic heterocycles. The molecule has 1 rings (SSSR count). The van der Waals surface area contributed by atoms with Gasteiger partial charge in [0.2, 0.25) is 0 Å². The van der Waals surface area contributed by atoms with Gasteiger partial charge in [-0.15, -0.1) is 11.8 Å². The average molecular weight is 247 g/mol. The van der Waals surface area contributed by atoms with Crippen LogP contribution in [0.5, 0.6) is 0 Å². The number of sulfone groups is 1. The van der Waals surface area contributed by atoms with E-state index in [4.69, 9.17) is 5.11 Å². The maximum absolute atomic E-state index is 10.9. The SMILES string of the molecule is CS(=O)(=O)CCSc1ccc(CO)cn1. The van der Waals surface area contributed by atoms with Crippen LogP contribution in [0, 0.1) is 0 Å². The summed E-state index contributed by atoms with van der Waals surface area (Å²) in [5.74, 6) is 0.658. The van der Waals surface area contributed by atoms with Gasteiger partial charge in [-0.1, -0.05) is 6.07 Å². The Morgan fingerprint density at radius 3 is 2.67 bits per heavy atom. The van der Waals surface area contributed by atoms with Crippen molar-refractivity contribution in [2.75, 3.05) is 17.8 Å². The van der Waals surface area contributed by atoms with Gasteiger partial charge in [0.05, 0.1) is 17.4 Å². The van der Waals surface area contributed by atoms with E-state index in [0.29, 0.717) is 5.75 Å². The third-order valence-corrected chi connectivity index (χ3v) is 3.83. The lowest BCUT2D eigenvalue weighted by atomic mass is 10.3. The van der Waals surface area contributed by atoms with Gasteiger partial charge >= 0.3 is 0 Å². The average Bonchev–Trinajstić information content (AvgIpc) is 2.17. The van der Waals surface area contributed by atoms with E-state index < -0.39 is 9.84 Å². The number of aromatic nitrogens is 1. The quantitative estimate of drug-likeness (QED) is 0.776. The standard InChI is InChI=1S/C9H13NO3S2/c1-15(12,13)5-4-14-9-3-2-8(7-11)6-10-9/h2-3,6,11H,4-5,7H2,1H3. The second-order valence-electron chi connectivity index (χ2n) is 3.14. The molecule has 15 heavy (non-hydrogen) atoms. The van der Waals surface area contributed by atoms with E-state index >= 15 is 0 Å². The summed E-state index contributed by atoms with van der Waals surface area (Å²) >= 11 is 1.39. The Morgan fingerprint density at radius 1 is 1.47 bits per heavy atom. The minimum atomic E-state index is -2.90. The van der Waals surface area contributed by atoms with Crippen LogP contribution in [0.2, 0.25) is 0 Å². The summed E-state index contributed by atoms with van der Waals surface area (Å²) < 4.78 is 21.7. The summed E-state index contributed by atoms with van der Waals surface area (Å²) in [7, 11) is -2.90. The summed E-state index contributed by atoms with van der Waals surface area (Å²) in [4.78, 5) is 4.08. The second kappa shape index (κ2) is 5.48. The lowest BCUT2D eigenvalue weighted by molar-refractivity contribution is 0.281. The van der Waals surface area contributed by atoms with Crippen molar-refractivity contribution in [1.29, 1.82) is 0 Å². The van der Waals surface area contributed by atoms with Gasteiger partial charge in [0.15, 0.2) is 0 Å². The first kappa shape index (κ1) is 12.5. The Kier molecular flexibility index (Phi) is 4.56. The zero-order chi connectivity index (χ0) is 11.3. The maximum atomic E-state index is 10.9. The molecule has 0 bridgehead atoms. The molecular weight excluding hydrogens is 234 g/mol. The van der Waals surface area contributed by atoms with Crippen molar-refractivity contribution in [3.8, 4) is 0 Å². The smallest absolute Gasteiger partial charge is 0.148 e. The molecule has 0 spiro atoms. The molecule has 84 valence electrons. The molecule has 0 fully saturated rings. The monoisotopic (exact) mass is 247 g/mol. The van der Waals surface area contributed by atoms with Crippen molar-refractivity contribution < 1.29 is 13.5 Å². The zero-order valence-corrected chi connectivity index (χ0v) is 10.0. The van der Waals surface area contributed by atoms with E-state index in [1.165, 1.54) is 18.0 Å². The highest BCUT2D eigenvalue weighted by atomic mass is 32.2. The van der Waals surface area contributed by atoms with Crippen LogP contribution in [0.3, 0.4) is 0 Å². The van der Waals surface area contributed by atoms with E-state index in [-0.39, 0.29) is 12.4 Å². The summed E-state index contributed by atoms with van der Waals surface area (Å²) in [5, 5.41) is 9.56. The van der Waals surface area contributed by atoms with Crippen molar-refractivity contribution in [3.05, 3.63) is 23.9 Å². The Bertz CT molecular complexity index is 400. The fraction of sp³-hybridized carbons (Fsp3) is 0.444. The minimum Gasteiger partial charge on any atom is -0.392 e. The third kappa shape index (κ3) is 5.15. The van der Waals surface area contributed by atoms with Crippen molar-refractivity contribution in [1.82, 2.24) is 4.98 Å². The normalized spacial score (nSPS) is 11.6. The number of hydrogen-bond acceptors (Lipinski definition) is 5. The van der Waals surface area contributed by atoms with Gasteiger partial charge < -0.3 is 5.11 Å². The highest BCUT2D eigenvalue weighted by Gasteiger charge is 2.03. The number of hydrogen-bond donors (Lipinski definition) is 1. The van der Waals surface area contributed by atoms with Gasteiger partial charge in [0, 0.05) is 18.2 Å². The summed E-state index contributed by atoms with van der Waals surface area (Å²) in [6.45, 7) is -0.0265. The van der Waals surface area contributed by atoms with Gasteiger partial charge in [-0.05, 0) is 11.6 Å². The Morgan fingerprint density at radius 2 is 2.20 bits per heavy atom. The van der Waals surface area contributed by atoms with E-state index in [1.807, 2.05) is 0 Å². The number of nitrogens with zero attached hydrogens (tertiary/aromatic N) is 1. The molecule has 1 aromatic heterocycles. The lowest BCUT2D eigenvalue weighted by Gasteiger charge is -2.00. The van der Waals surface area contributed by atoms with Gasteiger partial charge in [-0.2, -0.15) is 0 Å². The molecule has 0 aliphatic rings. The zero-order valence-electron chi connectivity index (χ0n) is 8.38. The molecule has 0 atom stereocenters. The van der Waals surface area contributed by atoms with E-state index in [9.17, 15) is 8.42 Å². The van der Waals surface area contributed by atoms with E-state index in [2.05, 4.69) is 4.98 Å². The Labute approximate surface area is 93.7 Å². The molecule has 1 aromatic rings. The molecule has 0 saturated heterocycles. The Balaban J connectivity index is 2.45. The van der Waals surface area contributed by atoms with E-state index in [0.717, 1.165) is 10.6 Å². The maximum Gasteiger partial charge on any atom is 0.148 e. The largest absolute Gasteiger partial charge is 0.392 e. The van der Waals surface area contributed by atoms with Gasteiger partial charge in [0.1, 0.15) is 9.84 Å². The molecule has 0 radical (unpaired) electrons.